The van der Waals surface area contributed by atoms with Crippen LogP contribution < -0.4 is 0 Å². The Bertz CT molecular complexity index is 170. The predicted octanol–water partition coefficient (Wildman–Crippen LogP) is 0.690. The molecule has 1 aliphatic rings. The smallest absolute Gasteiger partial charge is 0.407 e. The lowest BCUT2D eigenvalue weighted by Gasteiger charge is -2.34. The van der Waals surface area contributed by atoms with Gasteiger partial charge in [-0.1, -0.05) is 0 Å². The van der Waals surface area contributed by atoms with Crippen molar-refractivity contribution in [1.29, 1.82) is 0 Å². The van der Waals surface area contributed by atoms with Crippen LogP contribution in [0, 0.1) is 0 Å². The molecule has 0 aliphatic carbocycles. The fourth-order valence-corrected chi connectivity index (χ4v) is 1.55. The average Bonchev–Trinajstić information content (AvgIpc) is 2.04. The van der Waals surface area contributed by atoms with E-state index in [1.165, 1.54) is 4.90 Å². The Morgan fingerprint density at radius 1 is 1.58 bits per heavy atom. The third kappa shape index (κ3) is 2.11. The van der Waals surface area contributed by atoms with E-state index in [2.05, 4.69) is 4.90 Å². The molecule has 0 aromatic rings. The van der Waals surface area contributed by atoms with Crippen molar-refractivity contribution in [3.63, 3.8) is 0 Å². The first-order chi connectivity index (χ1) is 5.61. The van der Waals surface area contributed by atoms with Gasteiger partial charge in [-0.05, 0) is 26.9 Å². The first-order valence-corrected chi connectivity index (χ1v) is 4.25. The molecule has 4 heteroatoms. The molecule has 1 amide bonds. The van der Waals surface area contributed by atoms with Gasteiger partial charge in [0, 0.05) is 19.1 Å². The minimum Gasteiger partial charge on any atom is -0.465 e. The van der Waals surface area contributed by atoms with Crippen LogP contribution in [0.15, 0.2) is 0 Å². The van der Waals surface area contributed by atoms with Crippen LogP contribution in [-0.2, 0) is 0 Å². The highest BCUT2D eigenvalue weighted by Gasteiger charge is 2.23. The predicted molar refractivity (Wildman–Crippen MR) is 46.3 cm³/mol. The van der Waals surface area contributed by atoms with Crippen molar-refractivity contribution in [3.05, 3.63) is 0 Å². The largest absolute Gasteiger partial charge is 0.465 e. The second-order valence-electron chi connectivity index (χ2n) is 3.49. The number of likely N-dealkylation sites (N-methyl/N-ethyl adjacent to an activating group) is 1. The van der Waals surface area contributed by atoms with Crippen LogP contribution in [0.3, 0.4) is 0 Å². The fourth-order valence-electron chi connectivity index (χ4n) is 1.55. The molecule has 0 aromatic heterocycles. The maximum Gasteiger partial charge on any atom is 0.407 e. The number of amides is 1. The maximum absolute atomic E-state index is 10.6. The zero-order chi connectivity index (χ0) is 9.14. The normalized spacial score (nSPS) is 24.6. The summed E-state index contributed by atoms with van der Waals surface area (Å²) < 4.78 is 0. The zero-order valence-corrected chi connectivity index (χ0v) is 7.66. The highest BCUT2D eigenvalue weighted by atomic mass is 16.4. The van der Waals surface area contributed by atoms with Crippen molar-refractivity contribution in [3.8, 4) is 0 Å². The van der Waals surface area contributed by atoms with Crippen LogP contribution in [0.25, 0.3) is 0 Å². The second kappa shape index (κ2) is 3.76. The molecule has 1 unspecified atom stereocenters. The molecular weight excluding hydrogens is 156 g/mol. The number of carbonyl (C=O) groups is 1. The summed E-state index contributed by atoms with van der Waals surface area (Å²) >= 11 is 0. The maximum atomic E-state index is 10.6. The minimum absolute atomic E-state index is 0.398. The Balaban J connectivity index is 2.46. The molecule has 1 saturated heterocycles. The van der Waals surface area contributed by atoms with Gasteiger partial charge in [0.2, 0.25) is 0 Å². The summed E-state index contributed by atoms with van der Waals surface area (Å²) in [4.78, 5) is 14.2. The Labute approximate surface area is 72.8 Å². The van der Waals surface area contributed by atoms with Gasteiger partial charge < -0.3 is 14.9 Å². The number of piperidine rings is 1. The van der Waals surface area contributed by atoms with E-state index in [0.29, 0.717) is 19.1 Å². The lowest BCUT2D eigenvalue weighted by Crippen LogP contribution is -2.46. The van der Waals surface area contributed by atoms with E-state index in [1.807, 2.05) is 14.1 Å². The first-order valence-electron chi connectivity index (χ1n) is 4.25. The summed E-state index contributed by atoms with van der Waals surface area (Å²) in [5.41, 5.74) is 0. The van der Waals surface area contributed by atoms with E-state index in [-0.39, 0.29) is 0 Å². The molecule has 0 spiro atoms. The topological polar surface area (TPSA) is 43.8 Å². The standard InChI is InChI=1S/C8H16N2O2/c1-9(2)7-4-3-5-10(6-7)8(11)12/h7H,3-6H2,1-2H3,(H,11,12). The molecule has 1 fully saturated rings. The third-order valence-electron chi connectivity index (χ3n) is 2.40. The summed E-state index contributed by atoms with van der Waals surface area (Å²) in [7, 11) is 3.99. The van der Waals surface area contributed by atoms with Gasteiger partial charge in [0.15, 0.2) is 0 Å². The molecule has 0 bridgehead atoms. The number of hydrogen-bond acceptors (Lipinski definition) is 2. The Morgan fingerprint density at radius 2 is 2.25 bits per heavy atom. The van der Waals surface area contributed by atoms with Crippen LogP contribution >= 0.6 is 0 Å². The number of nitrogens with zero attached hydrogens (tertiary/aromatic N) is 2. The van der Waals surface area contributed by atoms with Crippen LogP contribution in [0.1, 0.15) is 12.8 Å². The van der Waals surface area contributed by atoms with Crippen LogP contribution in [-0.4, -0.2) is 54.2 Å². The molecular formula is C8H16N2O2. The number of rotatable bonds is 1. The van der Waals surface area contributed by atoms with Gasteiger partial charge in [-0.2, -0.15) is 0 Å². The molecule has 0 radical (unpaired) electrons. The number of carboxylic acid groups (broad SMARTS) is 1. The number of likely N-dealkylation sites (tertiary alicyclic amines) is 1. The van der Waals surface area contributed by atoms with Gasteiger partial charge in [0.25, 0.3) is 0 Å². The molecule has 70 valence electrons. The van der Waals surface area contributed by atoms with E-state index in [0.717, 1.165) is 12.8 Å². The van der Waals surface area contributed by atoms with Gasteiger partial charge >= 0.3 is 6.09 Å². The molecule has 1 N–H and O–H groups in total. The van der Waals surface area contributed by atoms with Crippen LogP contribution in [0.5, 0.6) is 0 Å². The third-order valence-corrected chi connectivity index (χ3v) is 2.40. The van der Waals surface area contributed by atoms with Crippen molar-refractivity contribution in [2.75, 3.05) is 27.2 Å². The van der Waals surface area contributed by atoms with Gasteiger partial charge in [-0.15, -0.1) is 0 Å². The van der Waals surface area contributed by atoms with E-state index in [4.69, 9.17) is 5.11 Å². The van der Waals surface area contributed by atoms with E-state index >= 15 is 0 Å². The highest BCUT2D eigenvalue weighted by Crippen LogP contribution is 2.13. The first kappa shape index (κ1) is 9.32. The lowest BCUT2D eigenvalue weighted by atomic mass is 10.1. The Hall–Kier alpha value is -0.770. The van der Waals surface area contributed by atoms with Crippen molar-refractivity contribution >= 4 is 6.09 Å². The Morgan fingerprint density at radius 3 is 2.75 bits per heavy atom. The molecule has 1 atom stereocenters. The van der Waals surface area contributed by atoms with Gasteiger partial charge in [-0.3, -0.25) is 0 Å². The summed E-state index contributed by atoms with van der Waals surface area (Å²) in [5.74, 6) is 0. The van der Waals surface area contributed by atoms with Crippen molar-refractivity contribution in [2.45, 2.75) is 18.9 Å². The fraction of sp³-hybridized carbons (Fsp3) is 0.875. The van der Waals surface area contributed by atoms with Crippen LogP contribution in [0.2, 0.25) is 0 Å². The van der Waals surface area contributed by atoms with Crippen molar-refractivity contribution in [1.82, 2.24) is 9.80 Å². The van der Waals surface area contributed by atoms with Crippen molar-refractivity contribution < 1.29 is 9.90 Å². The summed E-state index contributed by atoms with van der Waals surface area (Å²) in [6.07, 6.45) is 1.30. The molecule has 0 aromatic carbocycles. The highest BCUT2D eigenvalue weighted by molar-refractivity contribution is 5.65. The molecule has 1 heterocycles. The SMILES string of the molecule is CN(C)C1CCCN(C(=O)O)C1. The van der Waals surface area contributed by atoms with E-state index < -0.39 is 6.09 Å². The number of hydrogen-bond donors (Lipinski definition) is 1. The summed E-state index contributed by atoms with van der Waals surface area (Å²) in [6.45, 7) is 1.35. The summed E-state index contributed by atoms with van der Waals surface area (Å²) in [5, 5.41) is 8.75. The average molecular weight is 172 g/mol. The minimum atomic E-state index is -0.790. The van der Waals surface area contributed by atoms with E-state index in [9.17, 15) is 4.79 Å². The van der Waals surface area contributed by atoms with Gasteiger partial charge in [0.05, 0.1) is 0 Å². The summed E-state index contributed by atoms with van der Waals surface area (Å²) in [6, 6.07) is 0.398. The second-order valence-corrected chi connectivity index (χ2v) is 3.49. The quantitative estimate of drug-likeness (QED) is 0.633. The van der Waals surface area contributed by atoms with Crippen LogP contribution in [0.4, 0.5) is 4.79 Å². The van der Waals surface area contributed by atoms with E-state index in [1.54, 1.807) is 0 Å². The monoisotopic (exact) mass is 172 g/mol. The molecule has 0 saturated carbocycles. The Kier molecular flexibility index (Phi) is 2.92. The lowest BCUT2D eigenvalue weighted by molar-refractivity contribution is 0.105. The molecule has 12 heavy (non-hydrogen) atoms. The van der Waals surface area contributed by atoms with Crippen molar-refractivity contribution in [2.24, 2.45) is 0 Å². The van der Waals surface area contributed by atoms with Gasteiger partial charge in [0.1, 0.15) is 0 Å². The molecule has 4 nitrogen and oxygen atoms in total. The zero-order valence-electron chi connectivity index (χ0n) is 7.66. The van der Waals surface area contributed by atoms with Gasteiger partial charge in [-0.25, -0.2) is 4.79 Å². The molecule has 1 aliphatic heterocycles. The molecule has 1 rings (SSSR count).